The van der Waals surface area contributed by atoms with Crippen molar-refractivity contribution >= 4 is 5.91 Å². The molecular weight excluding hydrogens is 378 g/mol. The van der Waals surface area contributed by atoms with E-state index >= 15 is 0 Å². The molecule has 5 nitrogen and oxygen atoms in total. The molecule has 2 heterocycles. The number of piperidine rings is 1. The summed E-state index contributed by atoms with van der Waals surface area (Å²) in [4.78, 5) is 13.7. The van der Waals surface area contributed by atoms with Gasteiger partial charge in [-0.05, 0) is 56.5 Å². The molecule has 2 saturated heterocycles. The zero-order chi connectivity index (χ0) is 20.4. The van der Waals surface area contributed by atoms with Crippen LogP contribution in [0.3, 0.4) is 0 Å². The van der Waals surface area contributed by atoms with Crippen LogP contribution in [0.4, 0.5) is 8.78 Å². The van der Waals surface area contributed by atoms with Crippen LogP contribution in [0.15, 0.2) is 12.1 Å². The van der Waals surface area contributed by atoms with Gasteiger partial charge < -0.3 is 19.7 Å². The molecule has 29 heavy (non-hydrogen) atoms. The Morgan fingerprint density at radius 2 is 1.90 bits per heavy atom. The fourth-order valence-electron chi connectivity index (χ4n) is 4.67. The van der Waals surface area contributed by atoms with Gasteiger partial charge in [0, 0.05) is 37.9 Å². The summed E-state index contributed by atoms with van der Waals surface area (Å²) in [5, 5.41) is 3.40. The predicted molar refractivity (Wildman–Crippen MR) is 105 cm³/mol. The first-order chi connectivity index (χ1) is 14.0. The van der Waals surface area contributed by atoms with Crippen molar-refractivity contribution in [3.05, 3.63) is 29.3 Å². The van der Waals surface area contributed by atoms with Crippen molar-refractivity contribution in [2.75, 3.05) is 39.9 Å². The molecule has 3 fully saturated rings. The molecule has 160 valence electrons. The van der Waals surface area contributed by atoms with Crippen molar-refractivity contribution in [1.29, 1.82) is 0 Å². The van der Waals surface area contributed by atoms with Crippen LogP contribution >= 0.6 is 0 Å². The molecule has 1 aliphatic carbocycles. The average Bonchev–Trinajstić information content (AvgIpc) is 3.44. The van der Waals surface area contributed by atoms with Gasteiger partial charge in [-0.15, -0.1) is 0 Å². The van der Waals surface area contributed by atoms with Gasteiger partial charge in [-0.25, -0.2) is 8.78 Å². The van der Waals surface area contributed by atoms with Gasteiger partial charge in [0.2, 0.25) is 5.91 Å². The molecule has 3 aliphatic rings. The molecular formula is C22H30F2N2O3. The van der Waals surface area contributed by atoms with Crippen LogP contribution in [0.1, 0.15) is 31.2 Å². The Hall–Kier alpha value is -1.73. The molecule has 1 N–H and O–H groups in total. The number of amides is 1. The number of likely N-dealkylation sites (tertiary alicyclic amines) is 1. The number of nitrogens with zero attached hydrogens (tertiary/aromatic N) is 1. The zero-order valence-corrected chi connectivity index (χ0v) is 17.0. The number of benzene rings is 1. The Morgan fingerprint density at radius 1 is 1.21 bits per heavy atom. The molecule has 1 saturated carbocycles. The number of hydrogen-bond acceptors (Lipinski definition) is 4. The quantitative estimate of drug-likeness (QED) is 0.719. The largest absolute Gasteiger partial charge is 0.493 e. The maximum atomic E-state index is 14.4. The number of ether oxygens (including phenoxy) is 2. The number of hydrogen-bond donors (Lipinski definition) is 1. The molecule has 7 heteroatoms. The highest BCUT2D eigenvalue weighted by Crippen LogP contribution is 2.49. The normalized spacial score (nSPS) is 25.0. The molecule has 0 spiro atoms. The Labute approximate surface area is 170 Å². The number of halogens is 2. The number of carbonyl (C=O) groups excluding carboxylic acids is 1. The lowest BCUT2D eigenvalue weighted by molar-refractivity contribution is -0.142. The summed E-state index contributed by atoms with van der Waals surface area (Å²) in [6.07, 6.45) is 4.41. The molecule has 2 aliphatic heterocycles. The number of carbonyl (C=O) groups is 1. The topological polar surface area (TPSA) is 50.8 Å². The van der Waals surface area contributed by atoms with Crippen LogP contribution in [0.5, 0.6) is 5.75 Å². The van der Waals surface area contributed by atoms with E-state index in [1.807, 2.05) is 0 Å². The van der Waals surface area contributed by atoms with Gasteiger partial charge in [0.25, 0.3) is 0 Å². The fraction of sp³-hybridized carbons (Fsp3) is 0.682. The standard InChI is InChI=1S/C22H30F2N2O3/c1-28-17-12-26(13-17)22(27)11-19-20(23)9-16(10-21(19)24)29-7-4-15-8-18(15)14-2-5-25-6-3-14/h9-10,14-15,17-18,25H,2-8,11-13H2,1H3. The maximum Gasteiger partial charge on any atom is 0.227 e. The van der Waals surface area contributed by atoms with Crippen LogP contribution in [0.2, 0.25) is 0 Å². The van der Waals surface area contributed by atoms with Gasteiger partial charge in [-0.2, -0.15) is 0 Å². The molecule has 0 aromatic heterocycles. The highest BCUT2D eigenvalue weighted by Gasteiger charge is 2.42. The summed E-state index contributed by atoms with van der Waals surface area (Å²) in [6.45, 7) is 3.64. The second kappa shape index (κ2) is 8.96. The van der Waals surface area contributed by atoms with Gasteiger partial charge in [0.15, 0.2) is 0 Å². The monoisotopic (exact) mass is 408 g/mol. The fourth-order valence-corrected chi connectivity index (χ4v) is 4.67. The van der Waals surface area contributed by atoms with Crippen molar-refractivity contribution in [2.24, 2.45) is 17.8 Å². The van der Waals surface area contributed by atoms with Crippen LogP contribution < -0.4 is 10.1 Å². The van der Waals surface area contributed by atoms with Crippen molar-refractivity contribution in [2.45, 2.75) is 38.2 Å². The van der Waals surface area contributed by atoms with Crippen molar-refractivity contribution in [3.63, 3.8) is 0 Å². The third-order valence-electron chi connectivity index (χ3n) is 6.70. The highest BCUT2D eigenvalue weighted by atomic mass is 19.1. The van der Waals surface area contributed by atoms with Crippen molar-refractivity contribution in [3.8, 4) is 5.75 Å². The second-order valence-corrected chi connectivity index (χ2v) is 8.58. The lowest BCUT2D eigenvalue weighted by Crippen LogP contribution is -2.54. The number of methoxy groups -OCH3 is 1. The molecule has 2 atom stereocenters. The van der Waals surface area contributed by atoms with E-state index in [0.717, 1.165) is 31.3 Å². The van der Waals surface area contributed by atoms with Gasteiger partial charge in [-0.3, -0.25) is 4.79 Å². The Kier molecular flexibility index (Phi) is 6.35. The first kappa shape index (κ1) is 20.5. The predicted octanol–water partition coefficient (Wildman–Crippen LogP) is 2.77. The molecule has 0 bridgehead atoms. The van der Waals surface area contributed by atoms with Crippen LogP contribution in [-0.4, -0.2) is 56.8 Å². The zero-order valence-electron chi connectivity index (χ0n) is 17.0. The van der Waals surface area contributed by atoms with E-state index in [1.165, 1.54) is 31.4 Å². The van der Waals surface area contributed by atoms with E-state index in [-0.39, 0.29) is 29.7 Å². The van der Waals surface area contributed by atoms with Crippen molar-refractivity contribution < 1.29 is 23.0 Å². The van der Waals surface area contributed by atoms with Crippen LogP contribution in [0.25, 0.3) is 0 Å². The summed E-state index contributed by atoms with van der Waals surface area (Å²) >= 11 is 0. The summed E-state index contributed by atoms with van der Waals surface area (Å²) in [5.41, 5.74) is -0.198. The minimum absolute atomic E-state index is 0.0188. The summed E-state index contributed by atoms with van der Waals surface area (Å²) in [5.74, 6) is 0.742. The van der Waals surface area contributed by atoms with E-state index in [9.17, 15) is 13.6 Å². The molecule has 0 radical (unpaired) electrons. The smallest absolute Gasteiger partial charge is 0.227 e. The Balaban J connectivity index is 1.24. The minimum atomic E-state index is -0.726. The van der Waals surface area contributed by atoms with E-state index in [0.29, 0.717) is 25.6 Å². The molecule has 4 rings (SSSR count). The second-order valence-electron chi connectivity index (χ2n) is 8.58. The third kappa shape index (κ3) is 4.89. The minimum Gasteiger partial charge on any atom is -0.493 e. The van der Waals surface area contributed by atoms with Crippen molar-refractivity contribution in [1.82, 2.24) is 10.2 Å². The van der Waals surface area contributed by atoms with Gasteiger partial charge in [-0.1, -0.05) is 0 Å². The third-order valence-corrected chi connectivity index (χ3v) is 6.70. The molecule has 1 aromatic rings. The van der Waals surface area contributed by atoms with E-state index in [2.05, 4.69) is 5.32 Å². The highest BCUT2D eigenvalue weighted by molar-refractivity contribution is 5.79. The Morgan fingerprint density at radius 3 is 2.55 bits per heavy atom. The summed E-state index contributed by atoms with van der Waals surface area (Å²) in [6, 6.07) is 2.38. The Bertz CT molecular complexity index is 710. The average molecular weight is 408 g/mol. The van der Waals surface area contributed by atoms with Gasteiger partial charge in [0.05, 0.1) is 19.1 Å². The lowest BCUT2D eigenvalue weighted by atomic mass is 9.91. The molecule has 1 aromatic carbocycles. The first-order valence-corrected chi connectivity index (χ1v) is 10.7. The van der Waals surface area contributed by atoms with Gasteiger partial charge in [0.1, 0.15) is 17.4 Å². The van der Waals surface area contributed by atoms with E-state index in [4.69, 9.17) is 9.47 Å². The molecule has 1 amide bonds. The summed E-state index contributed by atoms with van der Waals surface area (Å²) < 4.78 is 39.5. The number of nitrogens with one attached hydrogen (secondary N) is 1. The first-order valence-electron chi connectivity index (χ1n) is 10.7. The van der Waals surface area contributed by atoms with E-state index in [1.54, 1.807) is 12.0 Å². The molecule has 2 unspecified atom stereocenters. The van der Waals surface area contributed by atoms with Crippen LogP contribution in [-0.2, 0) is 16.0 Å². The SMILES string of the molecule is COC1CN(C(=O)Cc2c(F)cc(OCCC3CC3C3CCNCC3)cc2F)C1. The number of rotatable bonds is 8. The van der Waals surface area contributed by atoms with E-state index < -0.39 is 11.6 Å². The van der Waals surface area contributed by atoms with Crippen LogP contribution in [0, 0.1) is 29.4 Å². The summed E-state index contributed by atoms with van der Waals surface area (Å²) in [7, 11) is 1.58. The lowest BCUT2D eigenvalue weighted by Gasteiger charge is -2.38. The van der Waals surface area contributed by atoms with Gasteiger partial charge >= 0.3 is 0 Å². The maximum absolute atomic E-state index is 14.4.